The summed E-state index contributed by atoms with van der Waals surface area (Å²) in [6.07, 6.45) is 0. The number of hydrogen-bond donors (Lipinski definition) is 1. The van der Waals surface area contributed by atoms with Crippen LogP contribution in [0.5, 0.6) is 5.75 Å². The number of benzene rings is 1. The largest absolute Gasteiger partial charge is 0.496 e. The third-order valence-corrected chi connectivity index (χ3v) is 3.63. The molecule has 2 rings (SSSR count). The van der Waals surface area contributed by atoms with Crippen molar-refractivity contribution in [3.05, 3.63) is 52.3 Å². The van der Waals surface area contributed by atoms with Crippen molar-refractivity contribution >= 4 is 0 Å². The summed E-state index contributed by atoms with van der Waals surface area (Å²) in [7, 11) is 3.44. The van der Waals surface area contributed by atoms with Crippen LogP contribution in [0, 0.1) is 5.92 Å². The molecule has 118 valence electrons. The standard InChI is InChI=1S/C18H24N2O2/c1-13(2)11-19-12-14-9-10-16(20(3)18(14)21)15-7-5-6-8-17(15)22-4/h5-10,13,19H,11-12H2,1-4H3. The molecule has 0 aliphatic rings. The Bertz CT molecular complexity index is 690. The van der Waals surface area contributed by atoms with Gasteiger partial charge in [-0.3, -0.25) is 4.79 Å². The summed E-state index contributed by atoms with van der Waals surface area (Å²) in [5.74, 6) is 1.33. The Morgan fingerprint density at radius 1 is 1.18 bits per heavy atom. The topological polar surface area (TPSA) is 43.3 Å². The predicted molar refractivity (Wildman–Crippen MR) is 90.2 cm³/mol. The Balaban J connectivity index is 2.33. The van der Waals surface area contributed by atoms with Gasteiger partial charge in [-0.05, 0) is 30.7 Å². The highest BCUT2D eigenvalue weighted by Gasteiger charge is 2.11. The lowest BCUT2D eigenvalue weighted by Gasteiger charge is -2.14. The highest BCUT2D eigenvalue weighted by molar-refractivity contribution is 5.67. The number of pyridine rings is 1. The molecule has 0 amide bonds. The molecule has 1 heterocycles. The predicted octanol–water partition coefficient (Wildman–Crippen LogP) is 2.81. The first-order valence-electron chi connectivity index (χ1n) is 7.57. The zero-order valence-electron chi connectivity index (χ0n) is 13.7. The Kier molecular flexibility index (Phi) is 5.39. The van der Waals surface area contributed by atoms with Gasteiger partial charge in [0.25, 0.3) is 5.56 Å². The summed E-state index contributed by atoms with van der Waals surface area (Å²) in [5, 5.41) is 3.31. The van der Waals surface area contributed by atoms with E-state index in [1.807, 2.05) is 36.4 Å². The van der Waals surface area contributed by atoms with E-state index in [2.05, 4.69) is 19.2 Å². The lowest BCUT2D eigenvalue weighted by molar-refractivity contribution is 0.416. The van der Waals surface area contributed by atoms with Crippen molar-refractivity contribution in [2.24, 2.45) is 13.0 Å². The number of ether oxygens (including phenoxy) is 1. The molecule has 0 saturated heterocycles. The highest BCUT2D eigenvalue weighted by Crippen LogP contribution is 2.28. The number of methoxy groups -OCH3 is 1. The average molecular weight is 300 g/mol. The molecule has 0 radical (unpaired) electrons. The number of aromatic nitrogens is 1. The summed E-state index contributed by atoms with van der Waals surface area (Å²) >= 11 is 0. The summed E-state index contributed by atoms with van der Waals surface area (Å²) in [4.78, 5) is 12.5. The van der Waals surface area contributed by atoms with Crippen LogP contribution >= 0.6 is 0 Å². The molecule has 0 atom stereocenters. The maximum atomic E-state index is 12.5. The van der Waals surface area contributed by atoms with Gasteiger partial charge < -0.3 is 14.6 Å². The third kappa shape index (κ3) is 3.57. The molecule has 0 bridgehead atoms. The van der Waals surface area contributed by atoms with Gasteiger partial charge in [0.15, 0.2) is 0 Å². The van der Waals surface area contributed by atoms with Crippen LogP contribution in [0.2, 0.25) is 0 Å². The molecule has 1 N–H and O–H groups in total. The second-order valence-corrected chi connectivity index (χ2v) is 5.83. The highest BCUT2D eigenvalue weighted by atomic mass is 16.5. The Labute approximate surface area is 131 Å². The Hall–Kier alpha value is -2.07. The monoisotopic (exact) mass is 300 g/mol. The van der Waals surface area contributed by atoms with Gasteiger partial charge in [-0.1, -0.05) is 32.0 Å². The van der Waals surface area contributed by atoms with Crippen LogP contribution in [0.1, 0.15) is 19.4 Å². The first-order valence-corrected chi connectivity index (χ1v) is 7.57. The second kappa shape index (κ2) is 7.27. The van der Waals surface area contributed by atoms with Crippen LogP contribution < -0.4 is 15.6 Å². The number of hydrogen-bond acceptors (Lipinski definition) is 3. The fraction of sp³-hybridized carbons (Fsp3) is 0.389. The van der Waals surface area contributed by atoms with Crippen molar-refractivity contribution < 1.29 is 4.74 Å². The van der Waals surface area contributed by atoms with E-state index in [9.17, 15) is 4.79 Å². The summed E-state index contributed by atoms with van der Waals surface area (Å²) < 4.78 is 7.07. The van der Waals surface area contributed by atoms with Gasteiger partial charge in [-0.2, -0.15) is 0 Å². The van der Waals surface area contributed by atoms with E-state index in [1.165, 1.54) is 0 Å². The van der Waals surface area contributed by atoms with Crippen molar-refractivity contribution in [1.82, 2.24) is 9.88 Å². The minimum Gasteiger partial charge on any atom is -0.496 e. The molecule has 2 aromatic rings. The minimum atomic E-state index is 0.0275. The third-order valence-electron chi connectivity index (χ3n) is 3.63. The van der Waals surface area contributed by atoms with Crippen LogP contribution in [0.25, 0.3) is 11.3 Å². The number of rotatable bonds is 6. The second-order valence-electron chi connectivity index (χ2n) is 5.83. The zero-order valence-corrected chi connectivity index (χ0v) is 13.7. The number of para-hydroxylation sites is 1. The lowest BCUT2D eigenvalue weighted by Crippen LogP contribution is -2.28. The van der Waals surface area contributed by atoms with Gasteiger partial charge in [-0.25, -0.2) is 0 Å². The van der Waals surface area contributed by atoms with E-state index < -0.39 is 0 Å². The normalized spacial score (nSPS) is 11.0. The van der Waals surface area contributed by atoms with Crippen molar-refractivity contribution in [1.29, 1.82) is 0 Å². The molecular formula is C18H24N2O2. The van der Waals surface area contributed by atoms with E-state index in [1.54, 1.807) is 18.7 Å². The maximum Gasteiger partial charge on any atom is 0.255 e. The Morgan fingerprint density at radius 3 is 2.59 bits per heavy atom. The van der Waals surface area contributed by atoms with Gasteiger partial charge in [-0.15, -0.1) is 0 Å². The van der Waals surface area contributed by atoms with Gasteiger partial charge in [0.05, 0.1) is 12.8 Å². The summed E-state index contributed by atoms with van der Waals surface area (Å²) in [5.41, 5.74) is 2.59. The first-order chi connectivity index (χ1) is 10.5. The molecule has 0 spiro atoms. The van der Waals surface area contributed by atoms with E-state index in [-0.39, 0.29) is 5.56 Å². The van der Waals surface area contributed by atoms with Crippen LogP contribution in [-0.4, -0.2) is 18.2 Å². The molecule has 1 aromatic heterocycles. The van der Waals surface area contributed by atoms with E-state index in [0.717, 1.165) is 29.1 Å². The van der Waals surface area contributed by atoms with Crippen molar-refractivity contribution in [3.63, 3.8) is 0 Å². The quantitative estimate of drug-likeness (QED) is 0.892. The molecule has 0 aliphatic carbocycles. The van der Waals surface area contributed by atoms with Crippen molar-refractivity contribution in [3.8, 4) is 17.0 Å². The van der Waals surface area contributed by atoms with Gasteiger partial charge in [0.2, 0.25) is 0 Å². The maximum absolute atomic E-state index is 12.5. The molecule has 0 saturated carbocycles. The van der Waals surface area contributed by atoms with Crippen molar-refractivity contribution in [2.75, 3.05) is 13.7 Å². The minimum absolute atomic E-state index is 0.0275. The summed E-state index contributed by atoms with van der Waals surface area (Å²) in [6, 6.07) is 11.6. The molecule has 4 heteroatoms. The van der Waals surface area contributed by atoms with E-state index in [0.29, 0.717) is 12.5 Å². The smallest absolute Gasteiger partial charge is 0.255 e. The fourth-order valence-corrected chi connectivity index (χ4v) is 2.44. The molecule has 0 aliphatic heterocycles. The number of nitrogens with zero attached hydrogens (tertiary/aromatic N) is 1. The average Bonchev–Trinajstić information content (AvgIpc) is 2.51. The van der Waals surface area contributed by atoms with Crippen LogP contribution in [0.3, 0.4) is 0 Å². The molecule has 22 heavy (non-hydrogen) atoms. The lowest BCUT2D eigenvalue weighted by atomic mass is 10.1. The molecule has 0 unspecified atom stereocenters. The van der Waals surface area contributed by atoms with E-state index in [4.69, 9.17) is 4.74 Å². The molecule has 1 aromatic carbocycles. The van der Waals surface area contributed by atoms with Crippen molar-refractivity contribution in [2.45, 2.75) is 20.4 Å². The Morgan fingerprint density at radius 2 is 1.91 bits per heavy atom. The van der Waals surface area contributed by atoms with Gasteiger partial charge in [0, 0.05) is 24.7 Å². The van der Waals surface area contributed by atoms with Crippen LogP contribution in [0.15, 0.2) is 41.2 Å². The van der Waals surface area contributed by atoms with Crippen LogP contribution in [-0.2, 0) is 13.6 Å². The first kappa shape index (κ1) is 16.3. The van der Waals surface area contributed by atoms with Crippen LogP contribution in [0.4, 0.5) is 0 Å². The van der Waals surface area contributed by atoms with Gasteiger partial charge >= 0.3 is 0 Å². The zero-order chi connectivity index (χ0) is 16.1. The molecule has 0 fully saturated rings. The molecular weight excluding hydrogens is 276 g/mol. The SMILES string of the molecule is COc1ccccc1-c1ccc(CNCC(C)C)c(=O)n1C. The molecule has 4 nitrogen and oxygen atoms in total. The van der Waals surface area contributed by atoms with E-state index >= 15 is 0 Å². The summed E-state index contributed by atoms with van der Waals surface area (Å²) in [6.45, 7) is 5.79. The number of nitrogens with one attached hydrogen (secondary N) is 1. The van der Waals surface area contributed by atoms with Gasteiger partial charge in [0.1, 0.15) is 5.75 Å². The fourth-order valence-electron chi connectivity index (χ4n) is 2.44.